The topological polar surface area (TPSA) is 83.5 Å². The Morgan fingerprint density at radius 3 is 2.30 bits per heavy atom. The van der Waals surface area contributed by atoms with Crippen molar-refractivity contribution in [3.8, 4) is 5.75 Å². The lowest BCUT2D eigenvalue weighted by Crippen LogP contribution is -2.53. The Morgan fingerprint density at radius 1 is 1.02 bits per heavy atom. The first-order chi connectivity index (χ1) is 20.2. The van der Waals surface area contributed by atoms with Gasteiger partial charge in [0.15, 0.2) is 0 Å². The second-order valence-corrected chi connectivity index (χ2v) is 9.95. The summed E-state index contributed by atoms with van der Waals surface area (Å²) < 4.78 is 113. The molecule has 234 valence electrons. The summed E-state index contributed by atoms with van der Waals surface area (Å²) in [6, 6.07) is 11.6. The van der Waals surface area contributed by atoms with Crippen molar-refractivity contribution < 1.29 is 49.8 Å². The number of halogens is 9. The average molecular weight is 640 g/mol. The quantitative estimate of drug-likeness (QED) is 0.179. The van der Waals surface area contributed by atoms with Crippen LogP contribution in [0.25, 0.3) is 0 Å². The lowest BCUT2D eigenvalue weighted by molar-refractivity contribution is -0.253. The summed E-state index contributed by atoms with van der Waals surface area (Å²) in [5, 5.41) is 13.7. The molecule has 0 bridgehead atoms. The summed E-state index contributed by atoms with van der Waals surface area (Å²) >= 11 is 5.97. The number of ether oxygens (including phenoxy) is 1. The van der Waals surface area contributed by atoms with Gasteiger partial charge in [0.1, 0.15) is 17.1 Å². The number of alkyl halides is 7. The van der Waals surface area contributed by atoms with Gasteiger partial charge in [-0.2, -0.15) is 30.7 Å². The minimum atomic E-state index is -5.00. The highest BCUT2D eigenvalue weighted by atomic mass is 35.5. The lowest BCUT2D eigenvalue weighted by Gasteiger charge is -2.36. The van der Waals surface area contributed by atoms with Gasteiger partial charge in [-0.05, 0) is 48.2 Å². The zero-order chi connectivity index (χ0) is 31.8. The van der Waals surface area contributed by atoms with Crippen molar-refractivity contribution in [2.45, 2.75) is 43.5 Å². The van der Waals surface area contributed by atoms with E-state index in [9.17, 15) is 39.9 Å². The summed E-state index contributed by atoms with van der Waals surface area (Å²) in [6.07, 6.45) is -13.8. The normalized spacial score (nSPS) is 14.2. The molecule has 1 aromatic heterocycles. The van der Waals surface area contributed by atoms with E-state index in [4.69, 9.17) is 16.7 Å². The van der Waals surface area contributed by atoms with Gasteiger partial charge in [0.2, 0.25) is 0 Å². The molecule has 2 unspecified atom stereocenters. The average Bonchev–Trinajstić information content (AvgIpc) is 2.92. The molecule has 0 saturated heterocycles. The molecule has 0 saturated carbocycles. The van der Waals surface area contributed by atoms with Crippen molar-refractivity contribution in [2.24, 2.45) is 5.92 Å². The molecule has 3 N–H and O–H groups in total. The Bertz CT molecular complexity index is 1350. The van der Waals surface area contributed by atoms with Gasteiger partial charge >= 0.3 is 24.7 Å². The number of amides is 2. The van der Waals surface area contributed by atoms with Crippen LogP contribution in [0, 0.1) is 11.7 Å². The van der Waals surface area contributed by atoms with Gasteiger partial charge in [-0.15, -0.1) is 0 Å². The van der Waals surface area contributed by atoms with Crippen LogP contribution < -0.4 is 15.4 Å². The smallest absolute Gasteiger partial charge is 0.428 e. The number of urea groups is 1. The highest BCUT2D eigenvalue weighted by Crippen LogP contribution is 2.37. The number of benzene rings is 2. The largest absolute Gasteiger partial charge is 0.461 e. The number of carbonyl (C=O) groups excluding carboxylic acids is 1. The number of rotatable bonds is 13. The minimum Gasteiger partial charge on any atom is -0.428 e. The molecule has 15 heteroatoms. The van der Waals surface area contributed by atoms with Crippen LogP contribution in [0.4, 0.5) is 39.9 Å². The van der Waals surface area contributed by atoms with E-state index < -0.39 is 67.3 Å². The fourth-order valence-electron chi connectivity index (χ4n) is 4.29. The third-order valence-corrected chi connectivity index (χ3v) is 6.58. The van der Waals surface area contributed by atoms with E-state index in [2.05, 4.69) is 20.4 Å². The Labute approximate surface area is 246 Å². The summed E-state index contributed by atoms with van der Waals surface area (Å²) in [5.41, 5.74) is -1.88. The maximum Gasteiger partial charge on any atom is 0.461 e. The molecule has 0 aliphatic heterocycles. The number of aliphatic hydroxyl groups is 1. The molecule has 0 fully saturated rings. The molecule has 3 rings (SSSR count). The predicted molar refractivity (Wildman–Crippen MR) is 141 cm³/mol. The highest BCUT2D eigenvalue weighted by molar-refractivity contribution is 6.30. The van der Waals surface area contributed by atoms with Gasteiger partial charge in [-0.1, -0.05) is 41.9 Å². The zero-order valence-electron chi connectivity index (χ0n) is 22.2. The fraction of sp³-hybridized carbons (Fsp3) is 0.357. The Balaban J connectivity index is 2.14. The van der Waals surface area contributed by atoms with Crippen molar-refractivity contribution in [2.75, 3.05) is 13.2 Å². The standard InChI is InChI=1S/C28H26ClF8N3O3/c29-20-8-9-23(38-16-20)26(14-17-5-2-1-3-6-17,40-25(42)39-15-18(7-4-10-41)27(33,34)35)19-11-21(30)13-22(12-19)43-28(36,37)24(31)32/h1-3,5-6,8-9,11-13,16,18,24,41H,4,7,10,14-15H2,(H2,39,40,42). The molecular weight excluding hydrogens is 614 g/mol. The van der Waals surface area contributed by atoms with E-state index in [1.54, 1.807) is 30.3 Å². The van der Waals surface area contributed by atoms with Gasteiger partial charge in [-0.25, -0.2) is 9.18 Å². The molecule has 0 aliphatic rings. The van der Waals surface area contributed by atoms with Gasteiger partial charge in [0.05, 0.1) is 16.6 Å². The Hall–Kier alpha value is -3.65. The van der Waals surface area contributed by atoms with E-state index in [0.29, 0.717) is 11.6 Å². The first-order valence-electron chi connectivity index (χ1n) is 12.7. The molecule has 2 atom stereocenters. The van der Waals surface area contributed by atoms with E-state index >= 15 is 0 Å². The number of aliphatic hydroxyl groups excluding tert-OH is 1. The SMILES string of the molecule is O=C(NCC(CCCO)C(F)(F)F)NC(Cc1ccccc1)(c1cc(F)cc(OC(F)(F)C(F)F)c1)c1ccc(Cl)cn1. The van der Waals surface area contributed by atoms with Crippen LogP contribution in [0.3, 0.4) is 0 Å². The molecule has 0 radical (unpaired) electrons. The first kappa shape index (κ1) is 33.8. The number of hydrogen-bond acceptors (Lipinski definition) is 4. The van der Waals surface area contributed by atoms with Gasteiger partial charge < -0.3 is 20.5 Å². The van der Waals surface area contributed by atoms with Crippen LogP contribution in [0.5, 0.6) is 5.75 Å². The summed E-state index contributed by atoms with van der Waals surface area (Å²) in [4.78, 5) is 17.4. The highest BCUT2D eigenvalue weighted by Gasteiger charge is 2.45. The third kappa shape index (κ3) is 9.17. The number of pyridine rings is 1. The van der Waals surface area contributed by atoms with Crippen molar-refractivity contribution in [3.05, 3.63) is 94.5 Å². The molecule has 0 aliphatic carbocycles. The third-order valence-electron chi connectivity index (χ3n) is 6.36. The Kier molecular flexibility index (Phi) is 11.2. The van der Waals surface area contributed by atoms with E-state index in [1.165, 1.54) is 12.1 Å². The molecule has 1 heterocycles. The van der Waals surface area contributed by atoms with Crippen LogP contribution in [0.15, 0.2) is 66.9 Å². The van der Waals surface area contributed by atoms with Crippen LogP contribution in [-0.4, -0.2) is 48.0 Å². The zero-order valence-corrected chi connectivity index (χ0v) is 22.9. The maximum atomic E-state index is 14.9. The minimum absolute atomic E-state index is 0.0549. The molecular formula is C28H26ClF8N3O3. The molecule has 6 nitrogen and oxygen atoms in total. The number of aromatic nitrogens is 1. The van der Waals surface area contributed by atoms with Crippen molar-refractivity contribution in [1.29, 1.82) is 0 Å². The van der Waals surface area contributed by atoms with Crippen LogP contribution in [0.1, 0.15) is 29.7 Å². The van der Waals surface area contributed by atoms with Crippen molar-refractivity contribution in [1.82, 2.24) is 15.6 Å². The molecule has 0 spiro atoms. The maximum absolute atomic E-state index is 14.9. The molecule has 3 aromatic rings. The first-order valence-corrected chi connectivity index (χ1v) is 13.1. The fourth-order valence-corrected chi connectivity index (χ4v) is 4.41. The van der Waals surface area contributed by atoms with Crippen molar-refractivity contribution >= 4 is 17.6 Å². The number of nitrogens with zero attached hydrogens (tertiary/aromatic N) is 1. The van der Waals surface area contributed by atoms with Crippen molar-refractivity contribution in [3.63, 3.8) is 0 Å². The summed E-state index contributed by atoms with van der Waals surface area (Å²) in [7, 11) is 0. The lowest BCUT2D eigenvalue weighted by atomic mass is 9.80. The van der Waals surface area contributed by atoms with Gasteiger partial charge in [-0.3, -0.25) is 4.98 Å². The molecule has 43 heavy (non-hydrogen) atoms. The van der Waals surface area contributed by atoms with E-state index in [0.717, 1.165) is 18.3 Å². The summed E-state index contributed by atoms with van der Waals surface area (Å²) in [6.45, 7) is -1.40. The second kappa shape index (κ2) is 14.2. The molecule has 2 aromatic carbocycles. The summed E-state index contributed by atoms with van der Waals surface area (Å²) in [5.74, 6) is -4.25. The van der Waals surface area contributed by atoms with Crippen LogP contribution >= 0.6 is 11.6 Å². The van der Waals surface area contributed by atoms with E-state index in [1.807, 2.05) is 0 Å². The number of nitrogens with one attached hydrogen (secondary N) is 2. The predicted octanol–water partition coefficient (Wildman–Crippen LogP) is 6.85. The number of carbonyl (C=O) groups is 1. The number of hydrogen-bond donors (Lipinski definition) is 3. The van der Waals surface area contributed by atoms with Crippen LogP contribution in [-0.2, 0) is 12.0 Å². The monoisotopic (exact) mass is 639 g/mol. The van der Waals surface area contributed by atoms with Gasteiger partial charge in [0, 0.05) is 31.8 Å². The molecule has 2 amide bonds. The second-order valence-electron chi connectivity index (χ2n) is 9.51. The van der Waals surface area contributed by atoms with E-state index in [-0.39, 0.29) is 29.1 Å². The van der Waals surface area contributed by atoms with Crippen LogP contribution in [0.2, 0.25) is 5.02 Å². The Morgan fingerprint density at radius 2 is 1.72 bits per heavy atom. The van der Waals surface area contributed by atoms with Gasteiger partial charge in [0.25, 0.3) is 0 Å².